The van der Waals surface area contributed by atoms with Crippen LogP contribution in [0.3, 0.4) is 0 Å². The van der Waals surface area contributed by atoms with E-state index in [4.69, 9.17) is 4.74 Å². The topological polar surface area (TPSA) is 81.4 Å². The molecule has 0 fully saturated rings. The zero-order chi connectivity index (χ0) is 20.9. The molecule has 1 aromatic heterocycles. The molecule has 0 unspecified atom stereocenters. The van der Waals surface area contributed by atoms with E-state index in [-0.39, 0.29) is 31.0 Å². The Balaban J connectivity index is 1.55. The first-order chi connectivity index (χ1) is 14.7. The number of rotatable bonds is 6. The van der Waals surface area contributed by atoms with Gasteiger partial charge in [-0.1, -0.05) is 72.8 Å². The molecule has 0 spiro atoms. The van der Waals surface area contributed by atoms with E-state index < -0.39 is 5.97 Å². The lowest BCUT2D eigenvalue weighted by Crippen LogP contribution is -2.27. The smallest absolute Gasteiger partial charge is 0.359 e. The number of aliphatic hydroxyl groups is 1. The normalized spacial score (nSPS) is 10.8. The Labute approximate surface area is 173 Å². The molecule has 0 radical (unpaired) electrons. The number of carbonyl (C=O) groups excluding carboxylic acids is 1. The fourth-order valence-electron chi connectivity index (χ4n) is 3.27. The molecule has 0 atom stereocenters. The van der Waals surface area contributed by atoms with Crippen LogP contribution in [0.4, 0.5) is 0 Å². The van der Waals surface area contributed by atoms with Crippen LogP contribution in [0, 0.1) is 0 Å². The first-order valence-electron chi connectivity index (χ1n) is 9.59. The van der Waals surface area contributed by atoms with E-state index in [0.717, 1.165) is 21.4 Å². The minimum atomic E-state index is -0.620. The van der Waals surface area contributed by atoms with Gasteiger partial charge in [-0.2, -0.15) is 5.10 Å². The molecule has 4 rings (SSSR count). The lowest BCUT2D eigenvalue weighted by molar-refractivity contribution is 0.0465. The number of fused-ring (bicyclic) bond motifs is 1. The van der Waals surface area contributed by atoms with Crippen molar-refractivity contribution in [2.24, 2.45) is 0 Å². The van der Waals surface area contributed by atoms with Gasteiger partial charge in [-0.3, -0.25) is 4.79 Å². The van der Waals surface area contributed by atoms with Crippen molar-refractivity contribution in [2.45, 2.75) is 13.2 Å². The maximum Gasteiger partial charge on any atom is 0.359 e. The van der Waals surface area contributed by atoms with Crippen LogP contribution in [0.5, 0.6) is 0 Å². The first kappa shape index (κ1) is 19.5. The lowest BCUT2D eigenvalue weighted by Gasteiger charge is -2.10. The molecular formula is C24H20N2O4. The fraction of sp³-hybridized carbons (Fsp3) is 0.125. The third-order valence-corrected chi connectivity index (χ3v) is 4.80. The van der Waals surface area contributed by atoms with Crippen molar-refractivity contribution in [1.29, 1.82) is 0 Å². The molecule has 0 aliphatic carbocycles. The summed E-state index contributed by atoms with van der Waals surface area (Å²) in [5, 5.41) is 14.1. The van der Waals surface area contributed by atoms with E-state index in [9.17, 15) is 14.7 Å². The SMILES string of the molecule is O=C(OCc1ccc(-c2ccccc2)cc1)c1nn(CCO)c(=O)c2ccccc12. The van der Waals surface area contributed by atoms with Crippen molar-refractivity contribution < 1.29 is 14.6 Å². The van der Waals surface area contributed by atoms with Crippen LogP contribution in [0.25, 0.3) is 21.9 Å². The Hall–Kier alpha value is -3.77. The number of hydrogen-bond donors (Lipinski definition) is 1. The van der Waals surface area contributed by atoms with Gasteiger partial charge in [0.25, 0.3) is 5.56 Å². The fourth-order valence-corrected chi connectivity index (χ4v) is 3.27. The van der Waals surface area contributed by atoms with E-state index in [2.05, 4.69) is 5.10 Å². The number of aliphatic hydroxyl groups excluding tert-OH is 1. The van der Waals surface area contributed by atoms with Gasteiger partial charge < -0.3 is 9.84 Å². The minimum Gasteiger partial charge on any atom is -0.456 e. The molecule has 0 saturated heterocycles. The van der Waals surface area contributed by atoms with Crippen LogP contribution in [0.15, 0.2) is 83.7 Å². The Morgan fingerprint density at radius 1 is 0.867 bits per heavy atom. The third kappa shape index (κ3) is 3.99. The van der Waals surface area contributed by atoms with Gasteiger partial charge in [0.1, 0.15) is 6.61 Å². The number of benzene rings is 3. The Kier molecular flexibility index (Phi) is 5.68. The maximum atomic E-state index is 12.7. The molecule has 1 N–H and O–H groups in total. The quantitative estimate of drug-likeness (QED) is 0.502. The Morgan fingerprint density at radius 3 is 2.20 bits per heavy atom. The van der Waals surface area contributed by atoms with Gasteiger partial charge in [-0.05, 0) is 22.8 Å². The van der Waals surface area contributed by atoms with E-state index in [0.29, 0.717) is 10.8 Å². The Bertz CT molecular complexity index is 1230. The molecule has 30 heavy (non-hydrogen) atoms. The summed E-state index contributed by atoms with van der Waals surface area (Å²) in [6.07, 6.45) is 0. The number of esters is 1. The van der Waals surface area contributed by atoms with Crippen LogP contribution in [0.1, 0.15) is 16.1 Å². The standard InChI is InChI=1S/C24H20N2O4/c27-15-14-26-23(28)21-9-5-4-8-20(21)22(25-26)24(29)30-16-17-10-12-19(13-11-17)18-6-2-1-3-7-18/h1-13,27H,14-16H2. The number of aromatic nitrogens is 2. The van der Waals surface area contributed by atoms with Crippen LogP contribution in [-0.2, 0) is 17.9 Å². The van der Waals surface area contributed by atoms with E-state index >= 15 is 0 Å². The summed E-state index contributed by atoms with van der Waals surface area (Å²) in [5.41, 5.74) is 2.74. The molecule has 150 valence electrons. The zero-order valence-corrected chi connectivity index (χ0v) is 16.2. The first-order valence-corrected chi connectivity index (χ1v) is 9.59. The number of nitrogens with zero attached hydrogens (tertiary/aromatic N) is 2. The van der Waals surface area contributed by atoms with Crippen LogP contribution >= 0.6 is 0 Å². The minimum absolute atomic E-state index is 0.00486. The van der Waals surface area contributed by atoms with E-state index in [1.807, 2.05) is 54.6 Å². The number of carbonyl (C=O) groups is 1. The summed E-state index contributed by atoms with van der Waals surface area (Å²) in [4.78, 5) is 25.2. The van der Waals surface area contributed by atoms with Crippen molar-refractivity contribution in [1.82, 2.24) is 9.78 Å². The third-order valence-electron chi connectivity index (χ3n) is 4.80. The maximum absolute atomic E-state index is 12.7. The van der Waals surface area contributed by atoms with Gasteiger partial charge in [-0.25, -0.2) is 9.48 Å². The number of ether oxygens (including phenoxy) is 1. The van der Waals surface area contributed by atoms with Crippen molar-refractivity contribution >= 4 is 16.7 Å². The van der Waals surface area contributed by atoms with Crippen molar-refractivity contribution in [3.05, 3.63) is 100 Å². The molecule has 6 nitrogen and oxygen atoms in total. The molecule has 0 aliphatic heterocycles. The average Bonchev–Trinajstić information content (AvgIpc) is 2.80. The van der Waals surface area contributed by atoms with Gasteiger partial charge in [0, 0.05) is 5.39 Å². The molecule has 6 heteroatoms. The van der Waals surface area contributed by atoms with Crippen LogP contribution in [0.2, 0.25) is 0 Å². The second kappa shape index (κ2) is 8.71. The predicted octanol–water partition coefficient (Wildman–Crippen LogP) is 3.41. The van der Waals surface area contributed by atoms with E-state index in [1.165, 1.54) is 0 Å². The number of hydrogen-bond acceptors (Lipinski definition) is 5. The van der Waals surface area contributed by atoms with Gasteiger partial charge >= 0.3 is 5.97 Å². The molecule has 4 aromatic rings. The molecule has 0 amide bonds. The highest BCUT2D eigenvalue weighted by Crippen LogP contribution is 2.20. The van der Waals surface area contributed by atoms with Crippen molar-refractivity contribution in [3.8, 4) is 11.1 Å². The predicted molar refractivity (Wildman–Crippen MR) is 114 cm³/mol. The molecule has 0 saturated carbocycles. The molecule has 0 aliphatic rings. The largest absolute Gasteiger partial charge is 0.456 e. The summed E-state index contributed by atoms with van der Waals surface area (Å²) < 4.78 is 6.55. The highest BCUT2D eigenvalue weighted by Gasteiger charge is 2.18. The van der Waals surface area contributed by atoms with Crippen LogP contribution in [-0.4, -0.2) is 27.5 Å². The summed E-state index contributed by atoms with van der Waals surface area (Å²) in [6, 6.07) is 24.5. The molecule has 1 heterocycles. The molecular weight excluding hydrogens is 380 g/mol. The monoisotopic (exact) mass is 400 g/mol. The van der Waals surface area contributed by atoms with Gasteiger partial charge in [0.05, 0.1) is 18.5 Å². The lowest BCUT2D eigenvalue weighted by atomic mass is 10.0. The van der Waals surface area contributed by atoms with Crippen molar-refractivity contribution in [2.75, 3.05) is 6.61 Å². The van der Waals surface area contributed by atoms with Gasteiger partial charge in [-0.15, -0.1) is 0 Å². The second-order valence-corrected chi connectivity index (χ2v) is 6.79. The van der Waals surface area contributed by atoms with Crippen LogP contribution < -0.4 is 5.56 Å². The molecule has 3 aromatic carbocycles. The summed E-state index contributed by atoms with van der Waals surface area (Å²) in [7, 11) is 0. The van der Waals surface area contributed by atoms with Gasteiger partial charge in [0.2, 0.25) is 0 Å². The van der Waals surface area contributed by atoms with Crippen molar-refractivity contribution in [3.63, 3.8) is 0 Å². The summed E-state index contributed by atoms with van der Waals surface area (Å²) >= 11 is 0. The zero-order valence-electron chi connectivity index (χ0n) is 16.2. The second-order valence-electron chi connectivity index (χ2n) is 6.79. The van der Waals surface area contributed by atoms with E-state index in [1.54, 1.807) is 24.3 Å². The molecule has 0 bridgehead atoms. The summed E-state index contributed by atoms with van der Waals surface area (Å²) in [6.45, 7) is -0.165. The van der Waals surface area contributed by atoms with Gasteiger partial charge in [0.15, 0.2) is 5.69 Å². The highest BCUT2D eigenvalue weighted by molar-refractivity contribution is 6.02. The average molecular weight is 400 g/mol. The highest BCUT2D eigenvalue weighted by atomic mass is 16.5. The Morgan fingerprint density at radius 2 is 1.50 bits per heavy atom. The summed E-state index contributed by atoms with van der Waals surface area (Å²) in [5.74, 6) is -0.620.